The maximum absolute atomic E-state index is 12.5. The Hall–Kier alpha value is -2.99. The minimum Gasteiger partial charge on any atom is -0.374 e. The van der Waals surface area contributed by atoms with Gasteiger partial charge in [-0.05, 0) is 67.1 Å². The van der Waals surface area contributed by atoms with Gasteiger partial charge in [-0.15, -0.1) is 5.10 Å². The lowest BCUT2D eigenvalue weighted by molar-refractivity contribution is 0.0951. The van der Waals surface area contributed by atoms with E-state index in [4.69, 9.17) is 4.74 Å². The van der Waals surface area contributed by atoms with Gasteiger partial charge in [0.05, 0.1) is 24.9 Å². The second-order valence-electron chi connectivity index (χ2n) is 8.74. The number of carbonyl (C=O) groups is 1. The average Bonchev–Trinajstić information content (AvgIpc) is 3.32. The van der Waals surface area contributed by atoms with Gasteiger partial charge in [0.2, 0.25) is 0 Å². The lowest BCUT2D eigenvalue weighted by atomic mass is 9.96. The molecule has 2 bridgehead atoms. The monoisotopic (exact) mass is 400 g/mol. The molecule has 6 rings (SSSR count). The normalized spacial score (nSPS) is 22.6. The van der Waals surface area contributed by atoms with Gasteiger partial charge in [0.1, 0.15) is 0 Å². The van der Waals surface area contributed by atoms with E-state index in [0.717, 1.165) is 65.7 Å². The number of carbonyl (C=O) groups excluding carboxylic acids is 1. The fourth-order valence-corrected chi connectivity index (χ4v) is 4.68. The zero-order chi connectivity index (χ0) is 20.2. The Morgan fingerprint density at radius 3 is 2.87 bits per heavy atom. The molecular weight excluding hydrogens is 376 g/mol. The van der Waals surface area contributed by atoms with Crippen LogP contribution in [0.2, 0.25) is 0 Å². The third kappa shape index (κ3) is 3.03. The number of anilines is 1. The minimum absolute atomic E-state index is 0.0130. The van der Waals surface area contributed by atoms with Crippen LogP contribution in [0.3, 0.4) is 0 Å². The number of rotatable bonds is 4. The molecule has 1 aliphatic carbocycles. The molecule has 2 aliphatic heterocycles. The van der Waals surface area contributed by atoms with Crippen LogP contribution in [0.25, 0.3) is 21.9 Å². The van der Waals surface area contributed by atoms with Crippen molar-refractivity contribution in [2.45, 2.75) is 44.4 Å². The quantitative estimate of drug-likeness (QED) is 0.726. The molecule has 2 saturated heterocycles. The van der Waals surface area contributed by atoms with Gasteiger partial charge in [0, 0.05) is 28.9 Å². The van der Waals surface area contributed by atoms with Gasteiger partial charge < -0.3 is 15.0 Å². The number of hydrogen-bond donors (Lipinski definition) is 1. The van der Waals surface area contributed by atoms with Crippen molar-refractivity contribution in [3.63, 3.8) is 0 Å². The standard InChI is InChI=1S/C24H24N4O2/c1-14-2-3-16(24(29)26-18-5-6-18)9-22(14)15-4-7-21-17(8-15)11-25-27-23(21)28-12-20-10-19(28)13-30-20/h2-4,7-9,11,18-20H,5-6,10,12-13H2,1H3,(H,26,29). The summed E-state index contributed by atoms with van der Waals surface area (Å²) < 4.78 is 5.74. The van der Waals surface area contributed by atoms with Crippen molar-refractivity contribution < 1.29 is 9.53 Å². The number of aryl methyl sites for hydroxylation is 1. The zero-order valence-electron chi connectivity index (χ0n) is 17.0. The predicted octanol–water partition coefficient (Wildman–Crippen LogP) is 3.47. The van der Waals surface area contributed by atoms with E-state index in [-0.39, 0.29) is 5.91 Å². The molecule has 3 aliphatic rings. The molecule has 1 amide bonds. The van der Waals surface area contributed by atoms with Crippen LogP contribution < -0.4 is 10.2 Å². The van der Waals surface area contributed by atoms with Crippen LogP contribution in [0.4, 0.5) is 5.82 Å². The van der Waals surface area contributed by atoms with Gasteiger partial charge in [-0.3, -0.25) is 4.79 Å². The molecule has 2 aromatic carbocycles. The number of fused-ring (bicyclic) bond motifs is 3. The van der Waals surface area contributed by atoms with Crippen LogP contribution in [-0.2, 0) is 4.74 Å². The Morgan fingerprint density at radius 2 is 2.10 bits per heavy atom. The van der Waals surface area contributed by atoms with Gasteiger partial charge in [-0.25, -0.2) is 0 Å². The number of nitrogens with zero attached hydrogens (tertiary/aromatic N) is 3. The number of hydrogen-bond acceptors (Lipinski definition) is 5. The third-order valence-electron chi connectivity index (χ3n) is 6.54. The average molecular weight is 400 g/mol. The Balaban J connectivity index is 1.37. The number of ether oxygens (including phenoxy) is 1. The Morgan fingerprint density at radius 1 is 1.20 bits per heavy atom. The van der Waals surface area contributed by atoms with E-state index >= 15 is 0 Å². The first-order chi connectivity index (χ1) is 14.7. The lowest BCUT2D eigenvalue weighted by Gasteiger charge is -2.28. The van der Waals surface area contributed by atoms with E-state index in [1.807, 2.05) is 24.4 Å². The summed E-state index contributed by atoms with van der Waals surface area (Å²) in [6, 6.07) is 13.1. The largest absolute Gasteiger partial charge is 0.374 e. The maximum Gasteiger partial charge on any atom is 0.251 e. The van der Waals surface area contributed by atoms with E-state index in [9.17, 15) is 4.79 Å². The van der Waals surface area contributed by atoms with Crippen LogP contribution in [0.1, 0.15) is 35.2 Å². The number of aromatic nitrogens is 2. The van der Waals surface area contributed by atoms with Gasteiger partial charge in [-0.1, -0.05) is 12.1 Å². The summed E-state index contributed by atoms with van der Waals surface area (Å²) in [7, 11) is 0. The first-order valence-corrected chi connectivity index (χ1v) is 10.7. The minimum atomic E-state index is 0.0130. The maximum atomic E-state index is 12.5. The van der Waals surface area contributed by atoms with Crippen LogP contribution in [0.15, 0.2) is 42.6 Å². The molecule has 0 radical (unpaired) electrons. The van der Waals surface area contributed by atoms with Gasteiger partial charge >= 0.3 is 0 Å². The van der Waals surface area contributed by atoms with E-state index in [0.29, 0.717) is 23.8 Å². The zero-order valence-corrected chi connectivity index (χ0v) is 17.0. The number of amides is 1. The molecule has 1 N–H and O–H groups in total. The van der Waals surface area contributed by atoms with Crippen LogP contribution >= 0.6 is 0 Å². The summed E-state index contributed by atoms with van der Waals surface area (Å²) in [4.78, 5) is 14.9. The number of benzene rings is 2. The van der Waals surface area contributed by atoms with Crippen molar-refractivity contribution in [1.82, 2.24) is 15.5 Å². The van der Waals surface area contributed by atoms with Crippen LogP contribution in [-0.4, -0.2) is 47.4 Å². The highest BCUT2D eigenvalue weighted by Gasteiger charge is 2.40. The summed E-state index contributed by atoms with van der Waals surface area (Å²) in [6.07, 6.45) is 5.39. The molecule has 152 valence electrons. The molecule has 0 spiro atoms. The Kier molecular flexibility index (Phi) is 4.03. The fraction of sp³-hybridized carbons (Fsp3) is 0.375. The highest BCUT2D eigenvalue weighted by molar-refractivity contribution is 5.98. The Bertz CT molecular complexity index is 1160. The highest BCUT2D eigenvalue weighted by atomic mass is 16.5. The van der Waals surface area contributed by atoms with Crippen molar-refractivity contribution in [2.24, 2.45) is 0 Å². The SMILES string of the molecule is Cc1ccc(C(=O)NC2CC2)cc1-c1ccc2c(N3CC4CC3CO4)nncc2c1. The molecule has 1 saturated carbocycles. The number of nitrogens with one attached hydrogen (secondary N) is 1. The second-order valence-corrected chi connectivity index (χ2v) is 8.74. The van der Waals surface area contributed by atoms with Gasteiger partial charge in [0.15, 0.2) is 5.82 Å². The van der Waals surface area contributed by atoms with Crippen molar-refractivity contribution in [2.75, 3.05) is 18.1 Å². The van der Waals surface area contributed by atoms with Crippen LogP contribution in [0, 0.1) is 6.92 Å². The molecule has 3 heterocycles. The molecule has 1 aromatic heterocycles. The smallest absolute Gasteiger partial charge is 0.251 e. The summed E-state index contributed by atoms with van der Waals surface area (Å²) in [5.41, 5.74) is 4.02. The topological polar surface area (TPSA) is 67.4 Å². The van der Waals surface area contributed by atoms with E-state index in [2.05, 4.69) is 45.5 Å². The third-order valence-corrected chi connectivity index (χ3v) is 6.54. The molecule has 3 fully saturated rings. The van der Waals surface area contributed by atoms with Crippen molar-refractivity contribution >= 4 is 22.5 Å². The van der Waals surface area contributed by atoms with Crippen molar-refractivity contribution in [3.8, 4) is 11.1 Å². The van der Waals surface area contributed by atoms with E-state index < -0.39 is 0 Å². The van der Waals surface area contributed by atoms with Crippen molar-refractivity contribution in [1.29, 1.82) is 0 Å². The second kappa shape index (κ2) is 6.77. The lowest BCUT2D eigenvalue weighted by Crippen LogP contribution is -2.37. The molecule has 6 heteroatoms. The highest BCUT2D eigenvalue weighted by Crippen LogP contribution is 2.36. The predicted molar refractivity (Wildman–Crippen MR) is 116 cm³/mol. The Labute approximate surface area is 175 Å². The molecule has 2 unspecified atom stereocenters. The van der Waals surface area contributed by atoms with Gasteiger partial charge in [-0.2, -0.15) is 5.10 Å². The summed E-state index contributed by atoms with van der Waals surface area (Å²) >= 11 is 0. The molecule has 30 heavy (non-hydrogen) atoms. The van der Waals surface area contributed by atoms with E-state index in [1.54, 1.807) is 0 Å². The van der Waals surface area contributed by atoms with Crippen LogP contribution in [0.5, 0.6) is 0 Å². The number of morpholine rings is 1. The van der Waals surface area contributed by atoms with Crippen molar-refractivity contribution in [3.05, 3.63) is 53.7 Å². The first kappa shape index (κ1) is 17.8. The van der Waals surface area contributed by atoms with Gasteiger partial charge in [0.25, 0.3) is 5.91 Å². The molecule has 3 aromatic rings. The molecule has 2 atom stereocenters. The molecule has 6 nitrogen and oxygen atoms in total. The summed E-state index contributed by atoms with van der Waals surface area (Å²) in [5.74, 6) is 0.961. The summed E-state index contributed by atoms with van der Waals surface area (Å²) in [6.45, 7) is 3.74. The first-order valence-electron chi connectivity index (χ1n) is 10.7. The van der Waals surface area contributed by atoms with E-state index in [1.165, 1.54) is 0 Å². The fourth-order valence-electron chi connectivity index (χ4n) is 4.68. The summed E-state index contributed by atoms with van der Waals surface area (Å²) in [5, 5.41) is 14.0. The molecular formula is C24H24N4O2.